The lowest BCUT2D eigenvalue weighted by molar-refractivity contribution is 0.250. The van der Waals surface area contributed by atoms with Crippen molar-refractivity contribution in [1.82, 2.24) is 9.88 Å². The fourth-order valence-corrected chi connectivity index (χ4v) is 4.11. The number of hydrogen-bond donors (Lipinski definition) is 1. The highest BCUT2D eigenvalue weighted by molar-refractivity contribution is 5.87. The third kappa shape index (κ3) is 3.69. The van der Waals surface area contributed by atoms with Crippen LogP contribution in [0, 0.1) is 0 Å². The van der Waals surface area contributed by atoms with Crippen LogP contribution < -0.4 is 10.7 Å². The van der Waals surface area contributed by atoms with Gasteiger partial charge in [-0.2, -0.15) is 0 Å². The predicted octanol–water partition coefficient (Wildman–Crippen LogP) is 4.11. The van der Waals surface area contributed by atoms with Crippen LogP contribution >= 0.6 is 0 Å². The number of rotatable bonds is 4. The van der Waals surface area contributed by atoms with Gasteiger partial charge in [-0.05, 0) is 34.9 Å². The zero-order valence-electron chi connectivity index (χ0n) is 16.2. The van der Waals surface area contributed by atoms with Crippen molar-refractivity contribution < 1.29 is 4.42 Å². The smallest absolute Gasteiger partial charge is 0.408 e. The molecule has 3 aromatic carbocycles. The third-order valence-corrected chi connectivity index (χ3v) is 5.59. The Morgan fingerprint density at radius 3 is 2.41 bits per heavy atom. The lowest BCUT2D eigenvalue weighted by atomic mass is 10.0. The molecule has 2 heterocycles. The summed E-state index contributed by atoms with van der Waals surface area (Å²) in [5.74, 6) is -0.399. The summed E-state index contributed by atoms with van der Waals surface area (Å²) in [6.45, 7) is 4.75. The van der Waals surface area contributed by atoms with Gasteiger partial charge in [-0.25, -0.2) is 4.79 Å². The van der Waals surface area contributed by atoms with Crippen molar-refractivity contribution in [3.05, 3.63) is 88.9 Å². The molecule has 1 saturated heterocycles. The normalized spacial score (nSPS) is 15.1. The van der Waals surface area contributed by atoms with Crippen molar-refractivity contribution in [3.8, 4) is 11.1 Å². The van der Waals surface area contributed by atoms with Gasteiger partial charge in [-0.15, -0.1) is 0 Å². The van der Waals surface area contributed by atoms with Gasteiger partial charge in [0.05, 0.1) is 5.69 Å². The maximum absolute atomic E-state index is 11.6. The first-order valence-electron chi connectivity index (χ1n) is 10.00. The second kappa shape index (κ2) is 7.60. The first-order valence-corrected chi connectivity index (χ1v) is 10.00. The van der Waals surface area contributed by atoms with Crippen LogP contribution in [-0.2, 0) is 6.54 Å². The molecule has 0 bridgehead atoms. The van der Waals surface area contributed by atoms with Crippen LogP contribution in [0.4, 0.5) is 5.69 Å². The highest BCUT2D eigenvalue weighted by Crippen LogP contribution is 2.26. The minimum Gasteiger partial charge on any atom is -0.408 e. The SMILES string of the molecule is O=c1[nH]c2c(N3CCN(Cc4cccc(-c5ccccc5)c4)CC3)cccc2o1. The quantitative estimate of drug-likeness (QED) is 0.574. The number of aromatic amines is 1. The number of oxazole rings is 1. The Labute approximate surface area is 169 Å². The Kier molecular flexibility index (Phi) is 4.66. The maximum atomic E-state index is 11.6. The number of piperazine rings is 1. The Morgan fingerprint density at radius 2 is 1.59 bits per heavy atom. The van der Waals surface area contributed by atoms with Crippen LogP contribution in [0.1, 0.15) is 5.56 Å². The first-order chi connectivity index (χ1) is 14.3. The molecule has 1 N–H and O–H groups in total. The summed E-state index contributed by atoms with van der Waals surface area (Å²) in [6.07, 6.45) is 0. The summed E-state index contributed by atoms with van der Waals surface area (Å²) in [7, 11) is 0. The van der Waals surface area contributed by atoms with Crippen molar-refractivity contribution in [2.45, 2.75) is 6.54 Å². The maximum Gasteiger partial charge on any atom is 0.417 e. The monoisotopic (exact) mass is 385 g/mol. The standard InChI is InChI=1S/C24H23N3O2/c28-24-25-23-21(10-5-11-22(23)29-24)27-14-12-26(13-15-27)17-18-6-4-9-20(16-18)19-7-2-1-3-8-19/h1-11,16H,12-15,17H2,(H,25,28). The summed E-state index contributed by atoms with van der Waals surface area (Å²) in [6, 6.07) is 25.1. The van der Waals surface area contributed by atoms with E-state index in [1.165, 1.54) is 16.7 Å². The fraction of sp³-hybridized carbons (Fsp3) is 0.208. The number of aromatic nitrogens is 1. The molecule has 0 aliphatic carbocycles. The van der Waals surface area contributed by atoms with Crippen LogP contribution in [0.2, 0.25) is 0 Å². The van der Waals surface area contributed by atoms with Gasteiger partial charge in [0.2, 0.25) is 0 Å². The van der Waals surface area contributed by atoms with E-state index in [9.17, 15) is 4.79 Å². The molecule has 0 radical (unpaired) electrons. The van der Waals surface area contributed by atoms with Crippen LogP contribution in [0.5, 0.6) is 0 Å². The van der Waals surface area contributed by atoms with E-state index in [4.69, 9.17) is 4.42 Å². The van der Waals surface area contributed by atoms with Gasteiger partial charge in [0.15, 0.2) is 5.58 Å². The van der Waals surface area contributed by atoms with Gasteiger partial charge < -0.3 is 9.32 Å². The Bertz CT molecular complexity index is 1170. The molecule has 0 atom stereocenters. The Balaban J connectivity index is 1.27. The van der Waals surface area contributed by atoms with Crippen LogP contribution in [0.25, 0.3) is 22.2 Å². The van der Waals surface area contributed by atoms with E-state index in [1.807, 2.05) is 24.3 Å². The second-order valence-corrected chi connectivity index (χ2v) is 7.49. The fourth-order valence-electron chi connectivity index (χ4n) is 4.11. The summed E-state index contributed by atoms with van der Waals surface area (Å²) in [4.78, 5) is 19.2. The topological polar surface area (TPSA) is 52.5 Å². The molecular formula is C24H23N3O2. The number of nitrogens with one attached hydrogen (secondary N) is 1. The lowest BCUT2D eigenvalue weighted by Crippen LogP contribution is -2.46. The zero-order valence-corrected chi connectivity index (χ0v) is 16.2. The molecule has 1 fully saturated rings. The highest BCUT2D eigenvalue weighted by atomic mass is 16.4. The van der Waals surface area contributed by atoms with Crippen LogP contribution in [-0.4, -0.2) is 36.1 Å². The molecule has 29 heavy (non-hydrogen) atoms. The highest BCUT2D eigenvalue weighted by Gasteiger charge is 2.20. The molecule has 5 rings (SSSR count). The van der Waals surface area contributed by atoms with E-state index in [1.54, 1.807) is 0 Å². The molecule has 0 saturated carbocycles. The summed E-state index contributed by atoms with van der Waals surface area (Å²) in [5, 5.41) is 0. The molecular weight excluding hydrogens is 362 g/mol. The average Bonchev–Trinajstić information content (AvgIpc) is 3.15. The number of anilines is 1. The molecule has 0 unspecified atom stereocenters. The lowest BCUT2D eigenvalue weighted by Gasteiger charge is -2.36. The number of H-pyrrole nitrogens is 1. The largest absolute Gasteiger partial charge is 0.417 e. The average molecular weight is 385 g/mol. The Hall–Kier alpha value is -3.31. The number of fused-ring (bicyclic) bond motifs is 1. The molecule has 0 spiro atoms. The van der Waals surface area contributed by atoms with Gasteiger partial charge >= 0.3 is 5.76 Å². The molecule has 4 aromatic rings. The number of hydrogen-bond acceptors (Lipinski definition) is 4. The summed E-state index contributed by atoms with van der Waals surface area (Å²) < 4.78 is 5.20. The van der Waals surface area contributed by atoms with E-state index >= 15 is 0 Å². The van der Waals surface area contributed by atoms with Gasteiger partial charge in [-0.1, -0.05) is 54.6 Å². The molecule has 5 nitrogen and oxygen atoms in total. The minimum absolute atomic E-state index is 0.399. The van der Waals surface area contributed by atoms with Gasteiger partial charge in [0.1, 0.15) is 5.52 Å². The molecule has 1 aliphatic heterocycles. The molecule has 1 aromatic heterocycles. The van der Waals surface area contributed by atoms with Crippen molar-refractivity contribution in [2.75, 3.05) is 31.1 Å². The molecule has 146 valence electrons. The molecule has 1 aliphatic rings. The van der Waals surface area contributed by atoms with E-state index in [0.29, 0.717) is 5.58 Å². The Morgan fingerprint density at radius 1 is 0.828 bits per heavy atom. The first kappa shape index (κ1) is 17.8. The van der Waals surface area contributed by atoms with E-state index in [2.05, 4.69) is 63.3 Å². The molecule has 0 amide bonds. The number of nitrogens with zero attached hydrogens (tertiary/aromatic N) is 2. The van der Waals surface area contributed by atoms with Crippen molar-refractivity contribution in [3.63, 3.8) is 0 Å². The van der Waals surface area contributed by atoms with E-state index < -0.39 is 5.76 Å². The summed E-state index contributed by atoms with van der Waals surface area (Å²) >= 11 is 0. The summed E-state index contributed by atoms with van der Waals surface area (Å²) in [5.41, 5.74) is 6.30. The van der Waals surface area contributed by atoms with Crippen molar-refractivity contribution in [2.24, 2.45) is 0 Å². The van der Waals surface area contributed by atoms with E-state index in [0.717, 1.165) is 43.9 Å². The second-order valence-electron chi connectivity index (χ2n) is 7.49. The van der Waals surface area contributed by atoms with Crippen molar-refractivity contribution in [1.29, 1.82) is 0 Å². The van der Waals surface area contributed by atoms with Gasteiger partial charge in [-0.3, -0.25) is 9.88 Å². The minimum atomic E-state index is -0.399. The van der Waals surface area contributed by atoms with E-state index in [-0.39, 0.29) is 0 Å². The predicted molar refractivity (Wildman–Crippen MR) is 116 cm³/mol. The third-order valence-electron chi connectivity index (χ3n) is 5.59. The van der Waals surface area contributed by atoms with Crippen LogP contribution in [0.15, 0.2) is 82.0 Å². The van der Waals surface area contributed by atoms with Crippen LogP contribution in [0.3, 0.4) is 0 Å². The van der Waals surface area contributed by atoms with Crippen molar-refractivity contribution >= 4 is 16.8 Å². The van der Waals surface area contributed by atoms with Gasteiger partial charge in [0, 0.05) is 32.7 Å². The zero-order chi connectivity index (χ0) is 19.6. The number of para-hydroxylation sites is 1. The van der Waals surface area contributed by atoms with Gasteiger partial charge in [0.25, 0.3) is 0 Å². The molecule has 5 heteroatoms. The number of benzene rings is 3.